The molecule has 0 unspecified atom stereocenters. The summed E-state index contributed by atoms with van der Waals surface area (Å²) >= 11 is 0. The third kappa shape index (κ3) is 11.7. The number of nitrogens with zero attached hydrogens (tertiary/aromatic N) is 2. The molecule has 1 fully saturated rings. The molecule has 1 saturated heterocycles. The average molecular weight is 572 g/mol. The van der Waals surface area contributed by atoms with E-state index in [-0.39, 0.29) is 37.8 Å². The number of carboxylic acid groups (broad SMARTS) is 1. The summed E-state index contributed by atoms with van der Waals surface area (Å²) in [6.45, 7) is 3.65. The van der Waals surface area contributed by atoms with Crippen LogP contribution in [0.15, 0.2) is 4.99 Å². The lowest BCUT2D eigenvalue weighted by molar-refractivity contribution is -0.145. The topological polar surface area (TPSA) is 282 Å². The van der Waals surface area contributed by atoms with Crippen LogP contribution in [0.1, 0.15) is 58.8 Å². The molecule has 4 amide bonds. The van der Waals surface area contributed by atoms with Crippen LogP contribution in [0.5, 0.6) is 0 Å². The standard InChI is InChI=1S/C24H45N9O7/c1-13(25)19(35)29-10-4-3-7-15(31-21(37)18(26)14(2)34)22(38)33-12-6-9-17(33)20(36)32-16(23(39)40)8-5-11-30-24(27)28/h13-18,34H,3-12,25-26H2,1-2H3,(H,29,35)(H,31,37)(H,32,36)(H,39,40)(H4,27,28,30)/t13-,14+,15-,16-,17-,18-/m0/s1. The molecule has 0 radical (unpaired) electrons. The number of carbonyl (C=O) groups is 5. The molecule has 1 aliphatic rings. The van der Waals surface area contributed by atoms with E-state index < -0.39 is 60.0 Å². The van der Waals surface area contributed by atoms with Gasteiger partial charge in [0, 0.05) is 19.6 Å². The van der Waals surface area contributed by atoms with Gasteiger partial charge < -0.3 is 54.0 Å². The molecular formula is C24H45N9O7. The van der Waals surface area contributed by atoms with E-state index in [0.717, 1.165) is 0 Å². The van der Waals surface area contributed by atoms with Gasteiger partial charge in [-0.2, -0.15) is 0 Å². The minimum Gasteiger partial charge on any atom is -0.480 e. The van der Waals surface area contributed by atoms with Gasteiger partial charge in [-0.15, -0.1) is 0 Å². The zero-order chi connectivity index (χ0) is 30.4. The molecule has 1 aliphatic heterocycles. The van der Waals surface area contributed by atoms with E-state index >= 15 is 0 Å². The van der Waals surface area contributed by atoms with Crippen LogP contribution in [0.25, 0.3) is 0 Å². The van der Waals surface area contributed by atoms with E-state index in [9.17, 15) is 34.2 Å². The van der Waals surface area contributed by atoms with Gasteiger partial charge in [0.1, 0.15) is 24.2 Å². The summed E-state index contributed by atoms with van der Waals surface area (Å²) < 4.78 is 0. The number of rotatable bonds is 17. The molecule has 0 aliphatic carbocycles. The van der Waals surface area contributed by atoms with Crippen LogP contribution < -0.4 is 38.9 Å². The summed E-state index contributed by atoms with van der Waals surface area (Å²) in [5, 5.41) is 27.0. The van der Waals surface area contributed by atoms with Crippen LogP contribution >= 0.6 is 0 Å². The number of hydrogen-bond acceptors (Lipinski definition) is 9. The van der Waals surface area contributed by atoms with E-state index in [2.05, 4.69) is 20.9 Å². The van der Waals surface area contributed by atoms with Gasteiger partial charge in [0.05, 0.1) is 12.1 Å². The average Bonchev–Trinajstić information content (AvgIpc) is 3.38. The lowest BCUT2D eigenvalue weighted by Gasteiger charge is -2.30. The second-order valence-electron chi connectivity index (χ2n) is 9.94. The number of aliphatic hydroxyl groups excluding tert-OH is 1. The maximum atomic E-state index is 13.5. The minimum absolute atomic E-state index is 0.0773. The molecule has 40 heavy (non-hydrogen) atoms. The summed E-state index contributed by atoms with van der Waals surface area (Å²) in [5.74, 6) is -3.55. The number of guanidine groups is 1. The molecule has 1 rings (SSSR count). The molecule has 0 aromatic carbocycles. The van der Waals surface area contributed by atoms with Crippen molar-refractivity contribution in [2.45, 2.75) is 95.1 Å². The van der Waals surface area contributed by atoms with Gasteiger partial charge in [-0.05, 0) is 58.8 Å². The summed E-state index contributed by atoms with van der Waals surface area (Å²) in [5.41, 5.74) is 21.8. The van der Waals surface area contributed by atoms with Crippen LogP contribution in [0, 0.1) is 0 Å². The monoisotopic (exact) mass is 571 g/mol. The number of likely N-dealkylation sites (tertiary alicyclic amines) is 1. The number of amides is 4. The minimum atomic E-state index is -1.27. The Morgan fingerprint density at radius 2 is 1.62 bits per heavy atom. The zero-order valence-electron chi connectivity index (χ0n) is 23.2. The number of carboxylic acids is 1. The van der Waals surface area contributed by atoms with Crippen molar-refractivity contribution >= 4 is 35.6 Å². The maximum absolute atomic E-state index is 13.5. The van der Waals surface area contributed by atoms with Gasteiger partial charge in [0.15, 0.2) is 5.96 Å². The highest BCUT2D eigenvalue weighted by atomic mass is 16.4. The van der Waals surface area contributed by atoms with Crippen LogP contribution in [0.3, 0.4) is 0 Å². The van der Waals surface area contributed by atoms with Gasteiger partial charge in [0.25, 0.3) is 0 Å². The van der Waals surface area contributed by atoms with Crippen molar-refractivity contribution in [1.82, 2.24) is 20.9 Å². The number of carbonyl (C=O) groups excluding carboxylic acids is 4. The first kappa shape index (κ1) is 34.5. The quantitative estimate of drug-likeness (QED) is 0.0467. The summed E-state index contributed by atoms with van der Waals surface area (Å²) in [6, 6.07) is -5.11. The number of nitrogens with one attached hydrogen (secondary N) is 3. The highest BCUT2D eigenvalue weighted by Crippen LogP contribution is 2.20. The Balaban J connectivity index is 2.91. The molecule has 1 heterocycles. The van der Waals surface area contributed by atoms with Crippen molar-refractivity contribution in [3.8, 4) is 0 Å². The number of nitrogens with two attached hydrogens (primary N) is 4. The Morgan fingerprint density at radius 3 is 2.20 bits per heavy atom. The third-order valence-electron chi connectivity index (χ3n) is 6.47. The van der Waals surface area contributed by atoms with Gasteiger partial charge in [-0.3, -0.25) is 24.2 Å². The number of aliphatic carboxylic acids is 1. The lowest BCUT2D eigenvalue weighted by Crippen LogP contribution is -2.57. The molecule has 16 heteroatoms. The molecule has 0 bridgehead atoms. The smallest absolute Gasteiger partial charge is 0.326 e. The molecule has 228 valence electrons. The highest BCUT2D eigenvalue weighted by Gasteiger charge is 2.39. The predicted octanol–water partition coefficient (Wildman–Crippen LogP) is -3.57. The van der Waals surface area contributed by atoms with E-state index in [1.54, 1.807) is 6.92 Å². The molecule has 0 aromatic heterocycles. The largest absolute Gasteiger partial charge is 0.480 e. The fraction of sp³-hybridized carbons (Fsp3) is 0.750. The van der Waals surface area contributed by atoms with Crippen molar-refractivity contribution in [3.63, 3.8) is 0 Å². The first-order chi connectivity index (χ1) is 18.8. The van der Waals surface area contributed by atoms with Crippen LogP contribution in [-0.4, -0.2) is 107 Å². The predicted molar refractivity (Wildman–Crippen MR) is 146 cm³/mol. The molecule has 13 N–H and O–H groups in total. The third-order valence-corrected chi connectivity index (χ3v) is 6.47. The molecule has 6 atom stereocenters. The van der Waals surface area contributed by atoms with Crippen molar-refractivity contribution < 1.29 is 34.2 Å². The van der Waals surface area contributed by atoms with Crippen molar-refractivity contribution in [1.29, 1.82) is 0 Å². The Bertz CT molecular complexity index is 909. The second-order valence-corrected chi connectivity index (χ2v) is 9.94. The molecule has 16 nitrogen and oxygen atoms in total. The Morgan fingerprint density at radius 1 is 0.975 bits per heavy atom. The maximum Gasteiger partial charge on any atom is 0.326 e. The van der Waals surface area contributed by atoms with Crippen molar-refractivity contribution in [2.75, 3.05) is 19.6 Å². The molecule has 0 aromatic rings. The van der Waals surface area contributed by atoms with Gasteiger partial charge in [0.2, 0.25) is 23.6 Å². The van der Waals surface area contributed by atoms with Crippen LogP contribution in [-0.2, 0) is 24.0 Å². The lowest BCUT2D eigenvalue weighted by atomic mass is 10.1. The van der Waals surface area contributed by atoms with E-state index in [1.807, 2.05) is 0 Å². The Labute approximate surface area is 233 Å². The Kier molecular flexibility index (Phi) is 14.9. The fourth-order valence-electron chi connectivity index (χ4n) is 4.12. The summed E-state index contributed by atoms with van der Waals surface area (Å²) in [4.78, 5) is 67.6. The summed E-state index contributed by atoms with van der Waals surface area (Å²) in [7, 11) is 0. The zero-order valence-corrected chi connectivity index (χ0v) is 23.2. The van der Waals surface area contributed by atoms with E-state index in [1.165, 1.54) is 11.8 Å². The normalized spacial score (nSPS) is 18.5. The van der Waals surface area contributed by atoms with Gasteiger partial charge in [-0.25, -0.2) is 4.79 Å². The number of unbranched alkanes of at least 4 members (excludes halogenated alkanes) is 1. The van der Waals surface area contributed by atoms with Gasteiger partial charge in [-0.1, -0.05) is 0 Å². The van der Waals surface area contributed by atoms with Crippen LogP contribution in [0.2, 0.25) is 0 Å². The first-order valence-electron chi connectivity index (χ1n) is 13.4. The van der Waals surface area contributed by atoms with Gasteiger partial charge >= 0.3 is 5.97 Å². The van der Waals surface area contributed by atoms with E-state index in [4.69, 9.17) is 22.9 Å². The number of aliphatic hydroxyl groups is 1. The van der Waals surface area contributed by atoms with Crippen molar-refractivity contribution in [2.24, 2.45) is 27.9 Å². The molecular weight excluding hydrogens is 526 g/mol. The summed E-state index contributed by atoms with van der Waals surface area (Å²) in [6.07, 6.45) is 1.15. The number of hydrogen-bond donors (Lipinski definition) is 9. The van der Waals surface area contributed by atoms with Crippen LogP contribution in [0.4, 0.5) is 0 Å². The number of aliphatic imine (C=N–C) groups is 1. The molecule has 0 spiro atoms. The van der Waals surface area contributed by atoms with Crippen molar-refractivity contribution in [3.05, 3.63) is 0 Å². The first-order valence-corrected chi connectivity index (χ1v) is 13.4. The highest BCUT2D eigenvalue weighted by molar-refractivity contribution is 5.94. The molecule has 0 saturated carbocycles. The second kappa shape index (κ2) is 17.2. The SMILES string of the molecule is C[C@H](N)C(=O)NCCCC[C@H](NC(=O)[C@@H](N)[C@@H](C)O)C(=O)N1CCC[C@H]1C(=O)N[C@@H](CCCN=C(N)N)C(=O)O. The Hall–Kier alpha value is -3.50. The fourth-order valence-corrected chi connectivity index (χ4v) is 4.12. The van der Waals surface area contributed by atoms with E-state index in [0.29, 0.717) is 38.6 Å².